The monoisotopic (exact) mass is 225 g/mol. The number of aliphatic hydroxyl groups is 1. The molecule has 6 heteroatoms. The minimum atomic E-state index is -0.780. The topological polar surface area (TPSA) is 50.9 Å². The van der Waals surface area contributed by atoms with Crippen LogP contribution in [-0.4, -0.2) is 20.1 Å². The average molecular weight is 225 g/mol. The standard InChI is InChI=1S/C10H9F2N3O/c1-6(16)9-5-15(14-13-9)10-3-2-7(11)4-8(10)12/h2-6,16H,1H3. The summed E-state index contributed by atoms with van der Waals surface area (Å²) in [5.74, 6) is -1.39. The number of hydrogen-bond acceptors (Lipinski definition) is 3. The zero-order valence-corrected chi connectivity index (χ0v) is 8.43. The molecule has 0 saturated carbocycles. The van der Waals surface area contributed by atoms with Crippen molar-refractivity contribution in [3.63, 3.8) is 0 Å². The van der Waals surface area contributed by atoms with Crippen LogP contribution in [0.5, 0.6) is 0 Å². The summed E-state index contributed by atoms with van der Waals surface area (Å²) in [6, 6.07) is 3.15. The van der Waals surface area contributed by atoms with E-state index in [1.54, 1.807) is 0 Å². The van der Waals surface area contributed by atoms with E-state index in [4.69, 9.17) is 0 Å². The predicted octanol–water partition coefficient (Wildman–Crippen LogP) is 1.60. The first-order valence-electron chi connectivity index (χ1n) is 4.63. The van der Waals surface area contributed by atoms with Crippen LogP contribution < -0.4 is 0 Å². The van der Waals surface area contributed by atoms with Gasteiger partial charge in [-0.1, -0.05) is 5.21 Å². The number of rotatable bonds is 2. The van der Waals surface area contributed by atoms with E-state index in [1.165, 1.54) is 19.2 Å². The Kier molecular flexibility index (Phi) is 2.66. The molecule has 0 aliphatic rings. The molecule has 0 aliphatic carbocycles. The van der Waals surface area contributed by atoms with Gasteiger partial charge in [-0.25, -0.2) is 13.5 Å². The van der Waals surface area contributed by atoms with Gasteiger partial charge in [-0.15, -0.1) is 5.10 Å². The zero-order valence-electron chi connectivity index (χ0n) is 8.43. The predicted molar refractivity (Wildman–Crippen MR) is 51.9 cm³/mol. The van der Waals surface area contributed by atoms with Gasteiger partial charge in [-0.3, -0.25) is 0 Å². The second-order valence-corrected chi connectivity index (χ2v) is 3.36. The number of halogens is 2. The summed E-state index contributed by atoms with van der Waals surface area (Å²) in [5.41, 5.74) is 0.407. The van der Waals surface area contributed by atoms with Crippen molar-refractivity contribution in [2.24, 2.45) is 0 Å². The van der Waals surface area contributed by atoms with Crippen molar-refractivity contribution in [3.8, 4) is 5.69 Å². The lowest BCUT2D eigenvalue weighted by molar-refractivity contribution is 0.194. The molecule has 1 atom stereocenters. The quantitative estimate of drug-likeness (QED) is 0.844. The molecule has 2 rings (SSSR count). The molecule has 0 radical (unpaired) electrons. The zero-order chi connectivity index (χ0) is 11.7. The van der Waals surface area contributed by atoms with E-state index in [2.05, 4.69) is 10.3 Å². The van der Waals surface area contributed by atoms with Crippen molar-refractivity contribution in [1.82, 2.24) is 15.0 Å². The van der Waals surface area contributed by atoms with Gasteiger partial charge >= 0.3 is 0 Å². The highest BCUT2D eigenvalue weighted by molar-refractivity contribution is 5.32. The Morgan fingerprint density at radius 2 is 2.12 bits per heavy atom. The molecule has 0 bridgehead atoms. The van der Waals surface area contributed by atoms with Gasteiger partial charge in [-0.2, -0.15) is 0 Å². The van der Waals surface area contributed by atoms with Crippen LogP contribution >= 0.6 is 0 Å². The second kappa shape index (κ2) is 3.97. The molecule has 0 spiro atoms. The molecule has 0 saturated heterocycles. The average Bonchev–Trinajstić information content (AvgIpc) is 2.66. The van der Waals surface area contributed by atoms with Crippen molar-refractivity contribution in [2.75, 3.05) is 0 Å². The summed E-state index contributed by atoms with van der Waals surface area (Å²) >= 11 is 0. The van der Waals surface area contributed by atoms with Crippen LogP contribution in [0.1, 0.15) is 18.7 Å². The van der Waals surface area contributed by atoms with Gasteiger partial charge in [0.25, 0.3) is 0 Å². The van der Waals surface area contributed by atoms with E-state index in [-0.39, 0.29) is 5.69 Å². The Morgan fingerprint density at radius 3 is 2.69 bits per heavy atom. The molecule has 4 nitrogen and oxygen atoms in total. The van der Waals surface area contributed by atoms with E-state index >= 15 is 0 Å². The summed E-state index contributed by atoms with van der Waals surface area (Å²) in [6.07, 6.45) is 0.610. The van der Waals surface area contributed by atoms with Crippen molar-refractivity contribution in [2.45, 2.75) is 13.0 Å². The van der Waals surface area contributed by atoms with Crippen molar-refractivity contribution < 1.29 is 13.9 Å². The number of aromatic nitrogens is 3. The first kappa shape index (κ1) is 10.7. The highest BCUT2D eigenvalue weighted by atomic mass is 19.1. The molecule has 16 heavy (non-hydrogen) atoms. The van der Waals surface area contributed by atoms with Gasteiger partial charge in [0.05, 0.1) is 12.3 Å². The van der Waals surface area contributed by atoms with Crippen LogP contribution in [0, 0.1) is 11.6 Å². The third kappa shape index (κ3) is 1.92. The molecule has 2 aromatic rings. The van der Waals surface area contributed by atoms with Crippen LogP contribution in [0.2, 0.25) is 0 Å². The van der Waals surface area contributed by atoms with Crippen LogP contribution in [0.3, 0.4) is 0 Å². The van der Waals surface area contributed by atoms with E-state index in [9.17, 15) is 13.9 Å². The molecule has 1 N–H and O–H groups in total. The third-order valence-electron chi connectivity index (χ3n) is 2.10. The van der Waals surface area contributed by atoms with E-state index in [1.807, 2.05) is 0 Å². The normalized spacial score (nSPS) is 12.8. The summed E-state index contributed by atoms with van der Waals surface area (Å²) < 4.78 is 27.2. The van der Waals surface area contributed by atoms with Crippen LogP contribution in [0.4, 0.5) is 8.78 Å². The van der Waals surface area contributed by atoms with Crippen LogP contribution in [0.25, 0.3) is 5.69 Å². The molecule has 1 unspecified atom stereocenters. The largest absolute Gasteiger partial charge is 0.387 e. The summed E-state index contributed by atoms with van der Waals surface area (Å²) in [6.45, 7) is 1.52. The van der Waals surface area contributed by atoms with Gasteiger partial charge in [0.15, 0.2) is 5.82 Å². The van der Waals surface area contributed by atoms with Crippen molar-refractivity contribution in [1.29, 1.82) is 0 Å². The van der Waals surface area contributed by atoms with Crippen molar-refractivity contribution >= 4 is 0 Å². The lowest BCUT2D eigenvalue weighted by Gasteiger charge is -2.01. The molecule has 84 valence electrons. The number of benzene rings is 1. The van der Waals surface area contributed by atoms with E-state index in [0.29, 0.717) is 5.69 Å². The van der Waals surface area contributed by atoms with Gasteiger partial charge in [0, 0.05) is 6.07 Å². The highest BCUT2D eigenvalue weighted by Crippen LogP contribution is 2.15. The maximum atomic E-state index is 13.4. The minimum Gasteiger partial charge on any atom is -0.387 e. The van der Waals surface area contributed by atoms with Crippen LogP contribution in [0.15, 0.2) is 24.4 Å². The Morgan fingerprint density at radius 1 is 1.38 bits per heavy atom. The van der Waals surface area contributed by atoms with Gasteiger partial charge in [0.1, 0.15) is 17.2 Å². The Balaban J connectivity index is 2.42. The smallest absolute Gasteiger partial charge is 0.151 e. The Labute approximate surface area is 90.1 Å². The molecular formula is C10H9F2N3O. The first-order chi connectivity index (χ1) is 7.58. The molecular weight excluding hydrogens is 216 g/mol. The van der Waals surface area contributed by atoms with Crippen molar-refractivity contribution in [3.05, 3.63) is 41.7 Å². The van der Waals surface area contributed by atoms with Gasteiger partial charge < -0.3 is 5.11 Å². The summed E-state index contributed by atoms with van der Waals surface area (Å²) in [7, 11) is 0. The van der Waals surface area contributed by atoms with Crippen LogP contribution in [-0.2, 0) is 0 Å². The third-order valence-corrected chi connectivity index (χ3v) is 2.10. The maximum absolute atomic E-state index is 13.4. The fourth-order valence-electron chi connectivity index (χ4n) is 1.25. The Hall–Kier alpha value is -1.82. The lowest BCUT2D eigenvalue weighted by Crippen LogP contribution is -1.99. The minimum absolute atomic E-state index is 0.0841. The molecule has 0 fully saturated rings. The molecule has 0 amide bonds. The second-order valence-electron chi connectivity index (χ2n) is 3.36. The number of nitrogens with zero attached hydrogens (tertiary/aromatic N) is 3. The molecule has 0 aliphatic heterocycles. The summed E-state index contributed by atoms with van der Waals surface area (Å²) in [4.78, 5) is 0. The fourth-order valence-corrected chi connectivity index (χ4v) is 1.25. The highest BCUT2D eigenvalue weighted by Gasteiger charge is 2.10. The molecule has 1 heterocycles. The number of aliphatic hydroxyl groups excluding tert-OH is 1. The van der Waals surface area contributed by atoms with Gasteiger partial charge in [-0.05, 0) is 19.1 Å². The number of hydrogen-bond donors (Lipinski definition) is 1. The van der Waals surface area contributed by atoms with E-state index < -0.39 is 17.7 Å². The van der Waals surface area contributed by atoms with Gasteiger partial charge in [0.2, 0.25) is 0 Å². The lowest BCUT2D eigenvalue weighted by atomic mass is 10.3. The first-order valence-corrected chi connectivity index (χ1v) is 4.63. The Bertz CT molecular complexity index is 511. The summed E-state index contributed by atoms with van der Waals surface area (Å²) in [5, 5.41) is 16.5. The maximum Gasteiger partial charge on any atom is 0.151 e. The fraction of sp³-hybridized carbons (Fsp3) is 0.200. The SMILES string of the molecule is CC(O)c1cn(-c2ccc(F)cc2F)nn1. The van der Waals surface area contributed by atoms with E-state index in [0.717, 1.165) is 16.8 Å². The molecule has 1 aromatic carbocycles. The molecule has 1 aromatic heterocycles.